The number of nitrogens with one attached hydrogen (secondary N) is 1. The van der Waals surface area contributed by atoms with Gasteiger partial charge in [-0.15, -0.1) is 0 Å². The van der Waals surface area contributed by atoms with Gasteiger partial charge in [-0.3, -0.25) is 0 Å². The van der Waals surface area contributed by atoms with Gasteiger partial charge in [-0.2, -0.15) is 0 Å². The van der Waals surface area contributed by atoms with Gasteiger partial charge in [-0.05, 0) is 32.1 Å². The Morgan fingerprint density at radius 1 is 1.18 bits per heavy atom. The molecule has 0 amide bonds. The zero-order valence-electron chi connectivity index (χ0n) is 12.3. The lowest BCUT2D eigenvalue weighted by atomic mass is 9.82. The lowest BCUT2D eigenvalue weighted by molar-refractivity contribution is 0.0515. The van der Waals surface area contributed by atoms with E-state index in [1.165, 1.54) is 12.8 Å². The summed E-state index contributed by atoms with van der Waals surface area (Å²) >= 11 is 0. The van der Waals surface area contributed by atoms with E-state index in [0.717, 1.165) is 32.7 Å². The molecule has 0 radical (unpaired) electrons. The molecule has 1 unspecified atom stereocenters. The van der Waals surface area contributed by atoms with Gasteiger partial charge in [0.25, 0.3) is 0 Å². The fraction of sp³-hybridized carbons (Fsp3) is 1.00. The van der Waals surface area contributed by atoms with E-state index in [4.69, 9.17) is 9.47 Å². The molecular weight excluding hydrogens is 214 g/mol. The Kier molecular flexibility index (Phi) is 9.79. The normalized spacial score (nSPS) is 15.2. The first-order valence-corrected chi connectivity index (χ1v) is 6.85. The van der Waals surface area contributed by atoms with Gasteiger partial charge in [-0.25, -0.2) is 0 Å². The number of rotatable bonds is 11. The molecule has 0 aromatic carbocycles. The number of hydrogen-bond acceptors (Lipinski definition) is 3. The van der Waals surface area contributed by atoms with E-state index < -0.39 is 0 Å². The van der Waals surface area contributed by atoms with Crippen molar-refractivity contribution >= 4 is 0 Å². The highest BCUT2D eigenvalue weighted by Gasteiger charge is 2.22. The molecule has 0 saturated heterocycles. The molecule has 1 N–H and O–H groups in total. The monoisotopic (exact) mass is 245 g/mol. The van der Waals surface area contributed by atoms with Crippen LogP contribution in [0.3, 0.4) is 0 Å². The maximum Gasteiger partial charge on any atom is 0.0587 e. The van der Waals surface area contributed by atoms with Crippen LogP contribution in [0.1, 0.15) is 47.0 Å². The fourth-order valence-electron chi connectivity index (χ4n) is 2.01. The standard InChI is InChI=1S/C14H31NO2/c1-6-7-14(4,8-10-17-13(2)3)12-15-9-11-16-5/h13,15H,6-12H2,1-5H3. The van der Waals surface area contributed by atoms with Crippen molar-refractivity contribution in [1.29, 1.82) is 0 Å². The molecule has 3 nitrogen and oxygen atoms in total. The lowest BCUT2D eigenvalue weighted by Crippen LogP contribution is -2.34. The lowest BCUT2D eigenvalue weighted by Gasteiger charge is -2.30. The average molecular weight is 245 g/mol. The molecule has 0 aromatic heterocycles. The van der Waals surface area contributed by atoms with Crippen LogP contribution < -0.4 is 5.32 Å². The van der Waals surface area contributed by atoms with Crippen LogP contribution in [0.2, 0.25) is 0 Å². The van der Waals surface area contributed by atoms with E-state index in [-0.39, 0.29) is 0 Å². The first kappa shape index (κ1) is 16.9. The van der Waals surface area contributed by atoms with Crippen molar-refractivity contribution in [2.45, 2.75) is 53.1 Å². The zero-order valence-corrected chi connectivity index (χ0v) is 12.3. The van der Waals surface area contributed by atoms with Crippen molar-refractivity contribution < 1.29 is 9.47 Å². The van der Waals surface area contributed by atoms with Crippen LogP contribution in [-0.2, 0) is 9.47 Å². The molecule has 0 aliphatic rings. The maximum absolute atomic E-state index is 5.66. The third-order valence-electron chi connectivity index (χ3n) is 3.05. The summed E-state index contributed by atoms with van der Waals surface area (Å²) in [6.07, 6.45) is 3.93. The molecule has 0 spiro atoms. The van der Waals surface area contributed by atoms with E-state index in [1.807, 2.05) is 0 Å². The van der Waals surface area contributed by atoms with Gasteiger partial charge in [0.05, 0.1) is 12.7 Å². The molecule has 0 saturated carbocycles. The molecule has 0 aliphatic heterocycles. The predicted molar refractivity (Wildman–Crippen MR) is 73.5 cm³/mol. The summed E-state index contributed by atoms with van der Waals surface area (Å²) in [7, 11) is 1.74. The largest absolute Gasteiger partial charge is 0.383 e. The van der Waals surface area contributed by atoms with Crippen molar-refractivity contribution in [3.8, 4) is 0 Å². The van der Waals surface area contributed by atoms with E-state index in [9.17, 15) is 0 Å². The highest BCUT2D eigenvalue weighted by molar-refractivity contribution is 4.76. The van der Waals surface area contributed by atoms with E-state index in [0.29, 0.717) is 11.5 Å². The molecule has 0 heterocycles. The smallest absolute Gasteiger partial charge is 0.0587 e. The molecule has 0 rings (SSSR count). The summed E-state index contributed by atoms with van der Waals surface area (Å²) in [6, 6.07) is 0. The Labute approximate surface area is 107 Å². The Hall–Kier alpha value is -0.120. The van der Waals surface area contributed by atoms with E-state index in [1.54, 1.807) is 7.11 Å². The second-order valence-corrected chi connectivity index (χ2v) is 5.40. The van der Waals surface area contributed by atoms with Crippen LogP contribution >= 0.6 is 0 Å². The highest BCUT2D eigenvalue weighted by atomic mass is 16.5. The van der Waals surface area contributed by atoms with Gasteiger partial charge in [0.15, 0.2) is 0 Å². The molecule has 0 aliphatic carbocycles. The first-order chi connectivity index (χ1) is 8.04. The Morgan fingerprint density at radius 2 is 1.88 bits per heavy atom. The van der Waals surface area contributed by atoms with Crippen molar-refractivity contribution in [3.63, 3.8) is 0 Å². The minimum absolute atomic E-state index is 0.335. The molecule has 3 heteroatoms. The van der Waals surface area contributed by atoms with Crippen LogP contribution in [0.25, 0.3) is 0 Å². The zero-order chi connectivity index (χ0) is 13.1. The molecule has 1 atom stereocenters. The SMILES string of the molecule is CCCC(C)(CCOC(C)C)CNCCOC. The third kappa shape index (κ3) is 9.57. The third-order valence-corrected chi connectivity index (χ3v) is 3.05. The van der Waals surface area contributed by atoms with Gasteiger partial charge in [0.1, 0.15) is 0 Å². The van der Waals surface area contributed by atoms with Crippen LogP contribution in [0, 0.1) is 5.41 Å². The Balaban J connectivity index is 3.88. The summed E-state index contributed by atoms with van der Waals surface area (Å²) < 4.78 is 10.7. The Morgan fingerprint density at radius 3 is 2.41 bits per heavy atom. The number of methoxy groups -OCH3 is 1. The topological polar surface area (TPSA) is 30.5 Å². The molecule has 104 valence electrons. The van der Waals surface area contributed by atoms with Crippen molar-refractivity contribution in [2.24, 2.45) is 5.41 Å². The first-order valence-electron chi connectivity index (χ1n) is 6.85. The van der Waals surface area contributed by atoms with E-state index in [2.05, 4.69) is 33.0 Å². The molecule has 0 aromatic rings. The van der Waals surface area contributed by atoms with Gasteiger partial charge < -0.3 is 14.8 Å². The summed E-state index contributed by atoms with van der Waals surface area (Å²) in [6.45, 7) is 12.4. The van der Waals surface area contributed by atoms with Crippen LogP contribution in [-0.4, -0.2) is 39.5 Å². The summed E-state index contributed by atoms with van der Waals surface area (Å²) in [5, 5.41) is 3.47. The molecule has 0 bridgehead atoms. The molecule has 0 fully saturated rings. The second-order valence-electron chi connectivity index (χ2n) is 5.40. The Bertz CT molecular complexity index is 174. The number of hydrogen-bond donors (Lipinski definition) is 1. The summed E-state index contributed by atoms with van der Waals surface area (Å²) in [4.78, 5) is 0. The second kappa shape index (κ2) is 9.86. The van der Waals surface area contributed by atoms with Crippen LogP contribution in [0.5, 0.6) is 0 Å². The number of ether oxygens (including phenoxy) is 2. The van der Waals surface area contributed by atoms with Crippen molar-refractivity contribution in [2.75, 3.05) is 33.4 Å². The average Bonchev–Trinajstić information content (AvgIpc) is 2.24. The minimum atomic E-state index is 0.335. The molecule has 17 heavy (non-hydrogen) atoms. The van der Waals surface area contributed by atoms with Gasteiger partial charge in [0.2, 0.25) is 0 Å². The van der Waals surface area contributed by atoms with Crippen molar-refractivity contribution in [1.82, 2.24) is 5.32 Å². The highest BCUT2D eigenvalue weighted by Crippen LogP contribution is 2.26. The predicted octanol–water partition coefficient (Wildman–Crippen LogP) is 2.84. The van der Waals surface area contributed by atoms with E-state index >= 15 is 0 Å². The summed E-state index contributed by atoms with van der Waals surface area (Å²) in [5.74, 6) is 0. The van der Waals surface area contributed by atoms with Crippen LogP contribution in [0.4, 0.5) is 0 Å². The minimum Gasteiger partial charge on any atom is -0.383 e. The van der Waals surface area contributed by atoms with Gasteiger partial charge in [-0.1, -0.05) is 20.3 Å². The maximum atomic E-state index is 5.66. The quantitative estimate of drug-likeness (QED) is 0.568. The van der Waals surface area contributed by atoms with Gasteiger partial charge >= 0.3 is 0 Å². The van der Waals surface area contributed by atoms with Gasteiger partial charge in [0, 0.05) is 26.8 Å². The molecular formula is C14H31NO2. The van der Waals surface area contributed by atoms with Crippen molar-refractivity contribution in [3.05, 3.63) is 0 Å². The van der Waals surface area contributed by atoms with Crippen LogP contribution in [0.15, 0.2) is 0 Å². The fourth-order valence-corrected chi connectivity index (χ4v) is 2.01. The summed E-state index contributed by atoms with van der Waals surface area (Å²) in [5.41, 5.74) is 0.345.